The van der Waals surface area contributed by atoms with Gasteiger partial charge in [-0.15, -0.1) is 13.2 Å². The Bertz CT molecular complexity index is 447. The van der Waals surface area contributed by atoms with E-state index in [0.29, 0.717) is 6.20 Å². The lowest BCUT2D eigenvalue weighted by molar-refractivity contribution is -0.389. The van der Waals surface area contributed by atoms with E-state index in [1.54, 1.807) is 0 Å². The molecule has 1 rings (SSSR count). The molecule has 0 spiro atoms. The Morgan fingerprint density at radius 3 is 2.47 bits per heavy atom. The van der Waals surface area contributed by atoms with Crippen LogP contribution in [0.3, 0.4) is 0 Å². The first kappa shape index (κ1) is 13.0. The van der Waals surface area contributed by atoms with Crippen LogP contribution >= 0.6 is 0 Å². The topological polar surface area (TPSA) is 74.5 Å². The van der Waals surface area contributed by atoms with E-state index in [0.717, 1.165) is 0 Å². The Labute approximate surface area is 93.1 Å². The molecule has 0 aliphatic rings. The third-order valence-corrected chi connectivity index (χ3v) is 1.81. The van der Waals surface area contributed by atoms with Gasteiger partial charge in [-0.1, -0.05) is 0 Å². The van der Waals surface area contributed by atoms with E-state index in [1.807, 2.05) is 0 Å². The third kappa shape index (κ3) is 2.95. The molecule has 0 bridgehead atoms. The molecule has 1 aromatic rings. The lowest BCUT2D eigenvalue weighted by atomic mass is 10.2. The number of hydrogen-bond acceptors (Lipinski definition) is 5. The minimum Gasteiger partial charge on any atom is -0.481 e. The Hall–Kier alpha value is -2.06. The molecule has 0 atom stereocenters. The Balaban J connectivity index is 3.32. The molecule has 6 nitrogen and oxygen atoms in total. The Morgan fingerprint density at radius 1 is 1.47 bits per heavy atom. The van der Waals surface area contributed by atoms with Crippen LogP contribution in [-0.4, -0.2) is 23.4 Å². The van der Waals surface area contributed by atoms with Gasteiger partial charge in [-0.05, 0) is 6.92 Å². The van der Waals surface area contributed by atoms with E-state index < -0.39 is 22.7 Å². The first-order valence-electron chi connectivity index (χ1n) is 4.20. The van der Waals surface area contributed by atoms with Gasteiger partial charge >= 0.3 is 12.0 Å². The number of alkyl halides is 3. The summed E-state index contributed by atoms with van der Waals surface area (Å²) in [6.07, 6.45) is -4.43. The molecule has 1 heterocycles. The highest BCUT2D eigenvalue weighted by Gasteiger charge is 2.36. The van der Waals surface area contributed by atoms with Crippen LogP contribution < -0.4 is 9.47 Å². The highest BCUT2D eigenvalue weighted by atomic mass is 19.4. The third-order valence-electron chi connectivity index (χ3n) is 1.81. The lowest BCUT2D eigenvalue weighted by Crippen LogP contribution is -2.18. The predicted octanol–water partition coefficient (Wildman–Crippen LogP) is 2.21. The maximum atomic E-state index is 12.0. The summed E-state index contributed by atoms with van der Waals surface area (Å²) in [5.41, 5.74) is -0.964. The summed E-state index contributed by atoms with van der Waals surface area (Å²) >= 11 is 0. The molecule has 0 aliphatic heterocycles. The molecular formula is C8H7F3N2O4. The average molecular weight is 252 g/mol. The van der Waals surface area contributed by atoms with Gasteiger partial charge in [0.1, 0.15) is 0 Å². The number of aromatic nitrogens is 1. The Kier molecular flexibility index (Phi) is 3.39. The van der Waals surface area contributed by atoms with Gasteiger partial charge < -0.3 is 9.47 Å². The molecule has 0 radical (unpaired) electrons. The van der Waals surface area contributed by atoms with Crippen molar-refractivity contribution in [3.63, 3.8) is 0 Å². The summed E-state index contributed by atoms with van der Waals surface area (Å²) in [6.45, 7) is 1.22. The minimum absolute atomic E-state index is 0.133. The number of methoxy groups -OCH3 is 1. The van der Waals surface area contributed by atoms with Crippen LogP contribution in [0.25, 0.3) is 0 Å². The van der Waals surface area contributed by atoms with Gasteiger partial charge in [0.25, 0.3) is 0 Å². The van der Waals surface area contributed by atoms with Crippen molar-refractivity contribution >= 4 is 5.69 Å². The molecule has 0 aliphatic carbocycles. The van der Waals surface area contributed by atoms with Crippen molar-refractivity contribution in [2.75, 3.05) is 7.11 Å². The second-order valence-corrected chi connectivity index (χ2v) is 2.91. The van der Waals surface area contributed by atoms with E-state index in [9.17, 15) is 23.3 Å². The Morgan fingerprint density at radius 2 is 2.06 bits per heavy atom. The van der Waals surface area contributed by atoms with E-state index in [2.05, 4.69) is 14.5 Å². The van der Waals surface area contributed by atoms with Crippen molar-refractivity contribution in [1.82, 2.24) is 4.98 Å². The van der Waals surface area contributed by atoms with Crippen LogP contribution in [-0.2, 0) is 0 Å². The molecule has 0 saturated carbocycles. The van der Waals surface area contributed by atoms with Gasteiger partial charge in [-0.2, -0.15) is 0 Å². The standard InChI is InChI=1S/C8H7F3N2O4/c1-4-6(13(14)15)5(17-8(9,10)11)3-12-7(4)16-2/h3H,1-2H3. The monoisotopic (exact) mass is 252 g/mol. The zero-order valence-corrected chi connectivity index (χ0v) is 8.74. The number of rotatable bonds is 3. The fourth-order valence-electron chi connectivity index (χ4n) is 1.19. The molecule has 0 fully saturated rings. The summed E-state index contributed by atoms with van der Waals surface area (Å²) in [5.74, 6) is -1.10. The van der Waals surface area contributed by atoms with Crippen LogP contribution in [0.4, 0.5) is 18.9 Å². The summed E-state index contributed by atoms with van der Waals surface area (Å²) in [6, 6.07) is 0. The fraction of sp³-hybridized carbons (Fsp3) is 0.375. The number of nitro groups is 1. The molecule has 1 aromatic heterocycles. The second kappa shape index (κ2) is 4.44. The van der Waals surface area contributed by atoms with Gasteiger partial charge in [0.2, 0.25) is 11.6 Å². The zero-order chi connectivity index (χ0) is 13.2. The van der Waals surface area contributed by atoms with Gasteiger partial charge in [0.15, 0.2) is 0 Å². The number of hydrogen-bond donors (Lipinski definition) is 0. The van der Waals surface area contributed by atoms with E-state index in [4.69, 9.17) is 0 Å². The van der Waals surface area contributed by atoms with E-state index in [1.165, 1.54) is 14.0 Å². The smallest absolute Gasteiger partial charge is 0.481 e. The molecule has 0 saturated heterocycles. The van der Waals surface area contributed by atoms with Crippen LogP contribution in [0.15, 0.2) is 6.20 Å². The largest absolute Gasteiger partial charge is 0.573 e. The highest BCUT2D eigenvalue weighted by molar-refractivity contribution is 5.54. The van der Waals surface area contributed by atoms with Gasteiger partial charge in [-0.3, -0.25) is 10.1 Å². The highest BCUT2D eigenvalue weighted by Crippen LogP contribution is 2.37. The van der Waals surface area contributed by atoms with Crippen molar-refractivity contribution < 1.29 is 27.6 Å². The van der Waals surface area contributed by atoms with Gasteiger partial charge in [-0.25, -0.2) is 4.98 Å². The predicted molar refractivity (Wildman–Crippen MR) is 48.9 cm³/mol. The van der Waals surface area contributed by atoms with Crippen LogP contribution in [0.1, 0.15) is 5.56 Å². The van der Waals surface area contributed by atoms with Crippen LogP contribution in [0.2, 0.25) is 0 Å². The van der Waals surface area contributed by atoms with Crippen molar-refractivity contribution in [1.29, 1.82) is 0 Å². The number of halogens is 3. The molecule has 17 heavy (non-hydrogen) atoms. The lowest BCUT2D eigenvalue weighted by Gasteiger charge is -2.11. The minimum atomic E-state index is -5.02. The first-order valence-corrected chi connectivity index (χ1v) is 4.20. The maximum Gasteiger partial charge on any atom is 0.573 e. The van der Waals surface area contributed by atoms with Crippen molar-refractivity contribution in [3.8, 4) is 11.6 Å². The van der Waals surface area contributed by atoms with E-state index in [-0.39, 0.29) is 11.4 Å². The fourth-order valence-corrected chi connectivity index (χ4v) is 1.19. The van der Waals surface area contributed by atoms with Crippen LogP contribution in [0.5, 0.6) is 11.6 Å². The van der Waals surface area contributed by atoms with Gasteiger partial charge in [0.05, 0.1) is 23.8 Å². The maximum absolute atomic E-state index is 12.0. The molecule has 0 amide bonds. The average Bonchev–Trinajstić information content (AvgIpc) is 2.14. The molecule has 0 N–H and O–H groups in total. The summed E-state index contributed by atoms with van der Waals surface area (Å²) in [4.78, 5) is 13.2. The molecule has 9 heteroatoms. The summed E-state index contributed by atoms with van der Waals surface area (Å²) in [7, 11) is 1.20. The second-order valence-electron chi connectivity index (χ2n) is 2.91. The number of ether oxygens (including phenoxy) is 2. The quantitative estimate of drug-likeness (QED) is 0.609. The summed E-state index contributed by atoms with van der Waals surface area (Å²) in [5, 5.41) is 10.7. The first-order chi connectivity index (χ1) is 7.76. The van der Waals surface area contributed by atoms with Crippen molar-refractivity contribution in [3.05, 3.63) is 21.9 Å². The normalized spacial score (nSPS) is 11.1. The molecular weight excluding hydrogens is 245 g/mol. The van der Waals surface area contributed by atoms with Gasteiger partial charge in [0, 0.05) is 0 Å². The van der Waals surface area contributed by atoms with Crippen molar-refractivity contribution in [2.24, 2.45) is 0 Å². The summed E-state index contributed by atoms with van der Waals surface area (Å²) < 4.78 is 44.2. The van der Waals surface area contributed by atoms with Crippen molar-refractivity contribution in [2.45, 2.75) is 13.3 Å². The number of pyridine rings is 1. The number of nitrogens with zero attached hydrogens (tertiary/aromatic N) is 2. The SMILES string of the molecule is COc1ncc(OC(F)(F)F)c([N+](=O)[O-])c1C. The molecule has 0 aromatic carbocycles. The van der Waals surface area contributed by atoms with E-state index >= 15 is 0 Å². The zero-order valence-electron chi connectivity index (χ0n) is 8.74. The molecule has 94 valence electrons. The molecule has 0 unspecified atom stereocenters. The van der Waals surface area contributed by atoms with Crippen LogP contribution in [0, 0.1) is 17.0 Å².